The predicted octanol–water partition coefficient (Wildman–Crippen LogP) is 3.14. The van der Waals surface area contributed by atoms with E-state index in [0.717, 1.165) is 37.8 Å². The Kier molecular flexibility index (Phi) is 4.49. The van der Waals surface area contributed by atoms with Gasteiger partial charge in [-0.15, -0.1) is 0 Å². The van der Waals surface area contributed by atoms with E-state index in [4.69, 9.17) is 0 Å². The van der Waals surface area contributed by atoms with Crippen molar-refractivity contribution in [2.45, 2.75) is 25.7 Å². The maximum absolute atomic E-state index is 13.2. The highest BCUT2D eigenvalue weighted by Crippen LogP contribution is 2.22. The van der Waals surface area contributed by atoms with Gasteiger partial charge in [0.1, 0.15) is 0 Å². The normalized spacial score (nSPS) is 15.6. The Morgan fingerprint density at radius 2 is 1.90 bits per heavy atom. The number of benzene rings is 1. The number of nitrogens with one attached hydrogen (secondary N) is 1. The molecule has 7 heteroatoms. The molecule has 0 radical (unpaired) electrons. The van der Waals surface area contributed by atoms with Gasteiger partial charge in [0.15, 0.2) is 0 Å². The molecule has 1 aromatic carbocycles. The number of amides is 2. The van der Waals surface area contributed by atoms with Gasteiger partial charge in [0.2, 0.25) is 5.82 Å². The van der Waals surface area contributed by atoms with Crippen molar-refractivity contribution in [1.29, 1.82) is 0 Å². The average molecular weight is 281 g/mol. The van der Waals surface area contributed by atoms with Crippen LogP contribution in [0.1, 0.15) is 25.7 Å². The van der Waals surface area contributed by atoms with E-state index in [1.165, 1.54) is 6.07 Å². The summed E-state index contributed by atoms with van der Waals surface area (Å²) in [4.78, 5) is 23.6. The molecule has 0 bridgehead atoms. The fourth-order valence-corrected chi connectivity index (χ4v) is 2.21. The number of halogens is 1. The molecule has 20 heavy (non-hydrogen) atoms. The second kappa shape index (κ2) is 6.31. The Labute approximate surface area is 115 Å². The first-order valence-corrected chi connectivity index (χ1v) is 6.58. The van der Waals surface area contributed by atoms with E-state index in [1.54, 1.807) is 4.90 Å². The third kappa shape index (κ3) is 3.43. The zero-order chi connectivity index (χ0) is 14.5. The molecule has 2 amide bonds. The van der Waals surface area contributed by atoms with E-state index < -0.39 is 16.4 Å². The fourth-order valence-electron chi connectivity index (χ4n) is 2.21. The van der Waals surface area contributed by atoms with E-state index in [1.807, 2.05) is 0 Å². The third-order valence-corrected chi connectivity index (χ3v) is 3.29. The zero-order valence-corrected chi connectivity index (χ0v) is 11.0. The number of urea groups is 1. The third-order valence-electron chi connectivity index (χ3n) is 3.29. The molecule has 0 spiro atoms. The highest BCUT2D eigenvalue weighted by molar-refractivity contribution is 5.89. The first kappa shape index (κ1) is 14.2. The fraction of sp³-hybridized carbons (Fsp3) is 0.462. The van der Waals surface area contributed by atoms with Gasteiger partial charge < -0.3 is 10.2 Å². The number of hydrogen-bond donors (Lipinski definition) is 1. The number of nitro benzene ring substituents is 1. The van der Waals surface area contributed by atoms with Gasteiger partial charge in [-0.1, -0.05) is 12.8 Å². The molecule has 0 atom stereocenters. The maximum atomic E-state index is 13.2. The molecule has 0 aliphatic carbocycles. The topological polar surface area (TPSA) is 75.5 Å². The van der Waals surface area contributed by atoms with Gasteiger partial charge >= 0.3 is 11.7 Å². The van der Waals surface area contributed by atoms with E-state index in [-0.39, 0.29) is 11.7 Å². The lowest BCUT2D eigenvalue weighted by atomic mass is 10.2. The standard InChI is InChI=1S/C13H16FN3O3/c14-11-6-5-10(9-12(11)17(19)20)15-13(18)16-7-3-1-2-4-8-16/h5-6,9H,1-4,7-8H2,(H,15,18). The van der Waals surface area contributed by atoms with E-state index in [9.17, 15) is 19.3 Å². The first-order valence-electron chi connectivity index (χ1n) is 6.58. The van der Waals surface area contributed by atoms with E-state index in [0.29, 0.717) is 13.1 Å². The van der Waals surface area contributed by atoms with Crippen LogP contribution < -0.4 is 5.32 Å². The molecular formula is C13H16FN3O3. The number of carbonyl (C=O) groups excluding carboxylic acids is 1. The summed E-state index contributed by atoms with van der Waals surface area (Å²) in [6, 6.07) is 3.03. The van der Waals surface area contributed by atoms with Gasteiger partial charge in [-0.25, -0.2) is 4.79 Å². The number of nitro groups is 1. The summed E-state index contributed by atoms with van der Waals surface area (Å²) in [5.74, 6) is -0.914. The van der Waals surface area contributed by atoms with Crippen LogP contribution in [0.4, 0.5) is 20.6 Å². The minimum Gasteiger partial charge on any atom is -0.325 e. The number of rotatable bonds is 2. The Hall–Kier alpha value is -2.18. The SMILES string of the molecule is O=C(Nc1ccc(F)c([N+](=O)[O-])c1)N1CCCCCC1. The summed E-state index contributed by atoms with van der Waals surface area (Å²) in [5, 5.41) is 13.2. The lowest BCUT2D eigenvalue weighted by molar-refractivity contribution is -0.387. The number of hydrogen-bond acceptors (Lipinski definition) is 3. The molecule has 0 saturated carbocycles. The zero-order valence-electron chi connectivity index (χ0n) is 11.0. The maximum Gasteiger partial charge on any atom is 0.321 e. The summed E-state index contributed by atoms with van der Waals surface area (Å²) in [7, 11) is 0. The molecule has 0 unspecified atom stereocenters. The second-order valence-corrected chi connectivity index (χ2v) is 4.75. The summed E-state index contributed by atoms with van der Waals surface area (Å²) >= 11 is 0. The van der Waals surface area contributed by atoms with Crippen molar-refractivity contribution in [1.82, 2.24) is 4.90 Å². The Morgan fingerprint density at radius 3 is 2.50 bits per heavy atom. The van der Waals surface area contributed by atoms with E-state index >= 15 is 0 Å². The molecule has 108 valence electrons. The smallest absolute Gasteiger partial charge is 0.321 e. The van der Waals surface area contributed by atoms with Crippen molar-refractivity contribution >= 4 is 17.4 Å². The Morgan fingerprint density at radius 1 is 1.25 bits per heavy atom. The molecule has 1 aliphatic heterocycles. The van der Waals surface area contributed by atoms with Crippen LogP contribution in [0.25, 0.3) is 0 Å². The van der Waals surface area contributed by atoms with Crippen LogP contribution in [0.5, 0.6) is 0 Å². The number of carbonyl (C=O) groups is 1. The monoisotopic (exact) mass is 281 g/mol. The van der Waals surface area contributed by atoms with Gasteiger partial charge in [0.25, 0.3) is 0 Å². The Balaban J connectivity index is 2.07. The molecule has 6 nitrogen and oxygen atoms in total. The minimum absolute atomic E-state index is 0.229. The second-order valence-electron chi connectivity index (χ2n) is 4.75. The van der Waals surface area contributed by atoms with Crippen LogP contribution >= 0.6 is 0 Å². The van der Waals surface area contributed by atoms with Crippen molar-refractivity contribution in [3.8, 4) is 0 Å². The quantitative estimate of drug-likeness (QED) is 0.668. The van der Waals surface area contributed by atoms with Crippen LogP contribution in [0.15, 0.2) is 18.2 Å². The number of likely N-dealkylation sites (tertiary alicyclic amines) is 1. The van der Waals surface area contributed by atoms with Crippen molar-refractivity contribution in [3.63, 3.8) is 0 Å². The summed E-state index contributed by atoms with van der Waals surface area (Å²) < 4.78 is 13.2. The summed E-state index contributed by atoms with van der Waals surface area (Å²) in [5.41, 5.74) is -0.411. The van der Waals surface area contributed by atoms with Crippen LogP contribution in [-0.4, -0.2) is 28.9 Å². The highest BCUT2D eigenvalue weighted by atomic mass is 19.1. The first-order chi connectivity index (χ1) is 9.58. The van der Waals surface area contributed by atoms with E-state index in [2.05, 4.69) is 5.32 Å². The number of nitrogens with zero attached hydrogens (tertiary/aromatic N) is 2. The van der Waals surface area contributed by atoms with Crippen LogP contribution in [-0.2, 0) is 0 Å². The van der Waals surface area contributed by atoms with Crippen LogP contribution in [0, 0.1) is 15.9 Å². The van der Waals surface area contributed by atoms with Gasteiger partial charge in [-0.3, -0.25) is 10.1 Å². The van der Waals surface area contributed by atoms with Crippen LogP contribution in [0.2, 0.25) is 0 Å². The summed E-state index contributed by atoms with van der Waals surface area (Å²) in [6.07, 6.45) is 4.12. The molecule has 1 aliphatic rings. The van der Waals surface area contributed by atoms with Crippen LogP contribution in [0.3, 0.4) is 0 Å². The van der Waals surface area contributed by atoms with Gasteiger partial charge in [-0.2, -0.15) is 4.39 Å². The van der Waals surface area contributed by atoms with Crippen molar-refractivity contribution in [2.24, 2.45) is 0 Å². The van der Waals surface area contributed by atoms with Gasteiger partial charge in [0, 0.05) is 24.8 Å². The van der Waals surface area contributed by atoms with Crippen molar-refractivity contribution < 1.29 is 14.1 Å². The molecule has 1 saturated heterocycles. The average Bonchev–Trinajstić information content (AvgIpc) is 2.69. The van der Waals surface area contributed by atoms with Crippen molar-refractivity contribution in [3.05, 3.63) is 34.1 Å². The molecular weight excluding hydrogens is 265 g/mol. The predicted molar refractivity (Wildman–Crippen MR) is 72.1 cm³/mol. The van der Waals surface area contributed by atoms with Gasteiger partial charge in [-0.05, 0) is 25.0 Å². The molecule has 0 aromatic heterocycles. The molecule has 1 N–H and O–H groups in total. The Bertz CT molecular complexity index is 514. The minimum atomic E-state index is -0.914. The van der Waals surface area contributed by atoms with Crippen molar-refractivity contribution in [2.75, 3.05) is 18.4 Å². The molecule has 1 heterocycles. The number of anilines is 1. The molecule has 1 fully saturated rings. The highest BCUT2D eigenvalue weighted by Gasteiger charge is 2.18. The lowest BCUT2D eigenvalue weighted by Gasteiger charge is -2.20. The molecule has 1 aromatic rings. The molecule has 2 rings (SSSR count). The largest absolute Gasteiger partial charge is 0.325 e. The van der Waals surface area contributed by atoms with Gasteiger partial charge in [0.05, 0.1) is 4.92 Å². The lowest BCUT2D eigenvalue weighted by Crippen LogP contribution is -2.35. The summed E-state index contributed by atoms with van der Waals surface area (Å²) in [6.45, 7) is 1.35.